The van der Waals surface area contributed by atoms with Gasteiger partial charge in [-0.3, -0.25) is 4.84 Å². The minimum Gasteiger partial charge on any atom is -0.493 e. The van der Waals surface area contributed by atoms with Crippen molar-refractivity contribution in [1.82, 2.24) is 15.4 Å². The van der Waals surface area contributed by atoms with Crippen LogP contribution in [0.4, 0.5) is 0 Å². The van der Waals surface area contributed by atoms with Gasteiger partial charge in [0.15, 0.2) is 5.75 Å². The van der Waals surface area contributed by atoms with E-state index in [0.717, 1.165) is 11.3 Å². The van der Waals surface area contributed by atoms with Gasteiger partial charge in [0, 0.05) is 0 Å². The van der Waals surface area contributed by atoms with Crippen LogP contribution >= 0.6 is 0 Å². The van der Waals surface area contributed by atoms with E-state index in [1.165, 1.54) is 0 Å². The number of rotatable bonds is 6. The Morgan fingerprint density at radius 3 is 2.74 bits per heavy atom. The summed E-state index contributed by atoms with van der Waals surface area (Å²) in [5.74, 6) is 1.36. The van der Waals surface area contributed by atoms with Crippen molar-refractivity contribution in [3.63, 3.8) is 0 Å². The number of aryl methyl sites for hydroxylation is 1. The summed E-state index contributed by atoms with van der Waals surface area (Å²) in [7, 11) is 1.60. The fourth-order valence-corrected chi connectivity index (χ4v) is 1.63. The van der Waals surface area contributed by atoms with Gasteiger partial charge in [0.1, 0.15) is 11.5 Å². The molecule has 0 aliphatic carbocycles. The quantitative estimate of drug-likeness (QED) is 0.635. The molecule has 0 saturated carbocycles. The third-order valence-corrected chi connectivity index (χ3v) is 2.59. The molecule has 0 bridgehead atoms. The highest BCUT2D eigenvalue weighted by atomic mass is 16.6. The molecule has 1 aromatic carbocycles. The van der Waals surface area contributed by atoms with Gasteiger partial charge in [0.05, 0.1) is 26.5 Å². The molecule has 0 fully saturated rings. The third-order valence-electron chi connectivity index (χ3n) is 2.59. The molecule has 1 N–H and O–H groups in total. The maximum atomic E-state index is 5.40. The molecule has 0 unspecified atom stereocenters. The second-order valence-electron chi connectivity index (χ2n) is 4.03. The molecule has 0 spiro atoms. The molecule has 19 heavy (non-hydrogen) atoms. The highest BCUT2D eigenvalue weighted by Crippen LogP contribution is 2.13. The first-order valence-corrected chi connectivity index (χ1v) is 6.04. The predicted octanol–water partition coefficient (Wildman–Crippen LogP) is 2.02. The van der Waals surface area contributed by atoms with Gasteiger partial charge >= 0.3 is 0 Å². The van der Waals surface area contributed by atoms with Crippen LogP contribution in [-0.4, -0.2) is 17.1 Å². The number of hydroxylamine groups is 1. The molecule has 0 amide bonds. The summed E-state index contributed by atoms with van der Waals surface area (Å²) in [5.41, 5.74) is 4.77. The minimum atomic E-state index is 0.472. The van der Waals surface area contributed by atoms with Crippen LogP contribution in [0.2, 0.25) is 0 Å². The van der Waals surface area contributed by atoms with E-state index in [-0.39, 0.29) is 0 Å². The van der Waals surface area contributed by atoms with Gasteiger partial charge in [0.25, 0.3) is 0 Å². The molecule has 0 aliphatic heterocycles. The summed E-state index contributed by atoms with van der Waals surface area (Å²) in [6, 6.07) is 9.96. The lowest BCUT2D eigenvalue weighted by Gasteiger charge is -2.09. The van der Waals surface area contributed by atoms with E-state index in [2.05, 4.69) is 15.4 Å². The molecule has 2 aromatic rings. The fraction of sp³-hybridized carbons (Fsp3) is 0.286. The molecule has 0 aliphatic rings. The number of methoxy groups -OCH3 is 1. The first kappa shape index (κ1) is 13.5. The smallest absolute Gasteiger partial charge is 0.160 e. The van der Waals surface area contributed by atoms with Crippen molar-refractivity contribution in [1.29, 1.82) is 0 Å². The van der Waals surface area contributed by atoms with Crippen molar-refractivity contribution in [2.45, 2.75) is 20.1 Å². The molecule has 0 radical (unpaired) electrons. The Kier molecular flexibility index (Phi) is 4.83. The minimum absolute atomic E-state index is 0.472. The second kappa shape index (κ2) is 6.82. The van der Waals surface area contributed by atoms with E-state index < -0.39 is 0 Å². The van der Waals surface area contributed by atoms with E-state index in [9.17, 15) is 0 Å². The van der Waals surface area contributed by atoms with Crippen molar-refractivity contribution < 1.29 is 9.57 Å². The lowest BCUT2D eigenvalue weighted by molar-refractivity contribution is 0.0224. The molecule has 0 saturated heterocycles. The number of hydrogen-bond donors (Lipinski definition) is 1. The summed E-state index contributed by atoms with van der Waals surface area (Å²) < 4.78 is 5.20. The first-order chi connectivity index (χ1) is 9.29. The highest BCUT2D eigenvalue weighted by Gasteiger charge is 2.05. The molecular formula is C14H17N3O2. The van der Waals surface area contributed by atoms with Crippen LogP contribution in [-0.2, 0) is 18.0 Å². The predicted molar refractivity (Wildman–Crippen MR) is 71.4 cm³/mol. The zero-order valence-electron chi connectivity index (χ0n) is 11.1. The maximum Gasteiger partial charge on any atom is 0.160 e. The highest BCUT2D eigenvalue weighted by molar-refractivity contribution is 5.24. The Morgan fingerprint density at radius 2 is 2.00 bits per heavy atom. The standard InChI is InChI=1S/C14H17N3O2/c1-11-15-9-14(18-2)13(17-11)8-16-19-10-12-6-4-3-5-7-12/h3-7,9,16H,8,10H2,1-2H3. The van der Waals surface area contributed by atoms with E-state index in [1.54, 1.807) is 13.3 Å². The summed E-state index contributed by atoms with van der Waals surface area (Å²) >= 11 is 0. The Morgan fingerprint density at radius 1 is 1.21 bits per heavy atom. The van der Waals surface area contributed by atoms with Crippen molar-refractivity contribution in [2.24, 2.45) is 0 Å². The van der Waals surface area contributed by atoms with Gasteiger partial charge in [0.2, 0.25) is 0 Å². The summed E-state index contributed by atoms with van der Waals surface area (Å²) in [6.07, 6.45) is 1.66. The third kappa shape index (κ3) is 4.01. The van der Waals surface area contributed by atoms with Crippen molar-refractivity contribution in [3.8, 4) is 5.75 Å². The molecule has 0 atom stereocenters. The monoisotopic (exact) mass is 259 g/mol. The number of nitrogens with one attached hydrogen (secondary N) is 1. The van der Waals surface area contributed by atoms with Crippen LogP contribution in [0.5, 0.6) is 5.75 Å². The fourth-order valence-electron chi connectivity index (χ4n) is 1.63. The Bertz CT molecular complexity index is 517. The Hall–Kier alpha value is -1.98. The van der Waals surface area contributed by atoms with Gasteiger partial charge in [-0.2, -0.15) is 5.48 Å². The summed E-state index contributed by atoms with van der Waals surface area (Å²) in [6.45, 7) is 2.82. The van der Waals surface area contributed by atoms with Crippen LogP contribution in [0.1, 0.15) is 17.1 Å². The Labute approximate surface area is 112 Å². The van der Waals surface area contributed by atoms with Crippen LogP contribution in [0, 0.1) is 6.92 Å². The molecule has 5 nitrogen and oxygen atoms in total. The van der Waals surface area contributed by atoms with Gasteiger partial charge in [-0.15, -0.1) is 0 Å². The van der Waals surface area contributed by atoms with Crippen molar-refractivity contribution >= 4 is 0 Å². The zero-order valence-corrected chi connectivity index (χ0v) is 11.1. The van der Waals surface area contributed by atoms with E-state index in [4.69, 9.17) is 9.57 Å². The number of benzene rings is 1. The molecule has 100 valence electrons. The molecule has 1 heterocycles. The molecular weight excluding hydrogens is 242 g/mol. The zero-order chi connectivity index (χ0) is 13.5. The van der Waals surface area contributed by atoms with Crippen LogP contribution in [0.25, 0.3) is 0 Å². The normalized spacial score (nSPS) is 10.4. The SMILES string of the molecule is COc1cnc(C)nc1CNOCc1ccccc1. The van der Waals surface area contributed by atoms with Gasteiger partial charge in [-0.05, 0) is 12.5 Å². The molecule has 2 rings (SSSR count). The number of nitrogens with zero attached hydrogens (tertiary/aromatic N) is 2. The average Bonchev–Trinajstić information content (AvgIpc) is 2.45. The van der Waals surface area contributed by atoms with E-state index in [0.29, 0.717) is 24.7 Å². The van der Waals surface area contributed by atoms with E-state index >= 15 is 0 Å². The molecule has 5 heteroatoms. The lowest BCUT2D eigenvalue weighted by atomic mass is 10.2. The Balaban J connectivity index is 1.84. The average molecular weight is 259 g/mol. The van der Waals surface area contributed by atoms with Crippen molar-refractivity contribution in [2.75, 3.05) is 7.11 Å². The van der Waals surface area contributed by atoms with Crippen LogP contribution in [0.15, 0.2) is 36.5 Å². The van der Waals surface area contributed by atoms with E-state index in [1.807, 2.05) is 37.3 Å². The van der Waals surface area contributed by atoms with Gasteiger partial charge in [-0.25, -0.2) is 9.97 Å². The molecule has 1 aromatic heterocycles. The summed E-state index contributed by atoms with van der Waals surface area (Å²) in [5, 5.41) is 0. The van der Waals surface area contributed by atoms with Crippen LogP contribution in [0.3, 0.4) is 0 Å². The first-order valence-electron chi connectivity index (χ1n) is 6.04. The topological polar surface area (TPSA) is 56.3 Å². The van der Waals surface area contributed by atoms with Crippen LogP contribution < -0.4 is 10.2 Å². The van der Waals surface area contributed by atoms with Crippen molar-refractivity contribution in [3.05, 3.63) is 53.6 Å². The number of ether oxygens (including phenoxy) is 1. The van der Waals surface area contributed by atoms with Gasteiger partial charge < -0.3 is 4.74 Å². The number of aromatic nitrogens is 2. The number of hydrogen-bond acceptors (Lipinski definition) is 5. The maximum absolute atomic E-state index is 5.40. The lowest BCUT2D eigenvalue weighted by Crippen LogP contribution is -2.16. The second-order valence-corrected chi connectivity index (χ2v) is 4.03. The van der Waals surface area contributed by atoms with Gasteiger partial charge in [-0.1, -0.05) is 30.3 Å². The largest absolute Gasteiger partial charge is 0.493 e. The summed E-state index contributed by atoms with van der Waals surface area (Å²) in [4.78, 5) is 13.8.